The molecule has 4 rings (SSSR count). The third kappa shape index (κ3) is 3.93. The van der Waals surface area contributed by atoms with E-state index in [0.29, 0.717) is 22.3 Å². The molecule has 1 heterocycles. The molecule has 2 N–H and O–H groups in total. The largest absolute Gasteiger partial charge is 0.506 e. The van der Waals surface area contributed by atoms with Gasteiger partial charge in [-0.25, -0.2) is 0 Å². The average molecular weight is 430 g/mol. The number of nitro benzene ring substituents is 1. The van der Waals surface area contributed by atoms with Crippen LogP contribution in [0, 0.1) is 24.0 Å². The van der Waals surface area contributed by atoms with E-state index in [0.717, 1.165) is 29.3 Å². The fourth-order valence-corrected chi connectivity index (χ4v) is 3.47. The smallest absolute Gasteiger partial charge is 0.271 e. The minimum absolute atomic E-state index is 0.0698. The molecule has 0 unspecified atom stereocenters. The summed E-state index contributed by atoms with van der Waals surface area (Å²) in [5.41, 5.74) is 2.72. The Kier molecular flexibility index (Phi) is 5.19. The number of benzene rings is 3. The van der Waals surface area contributed by atoms with Crippen molar-refractivity contribution in [2.45, 2.75) is 13.8 Å². The summed E-state index contributed by atoms with van der Waals surface area (Å²) in [4.78, 5) is 35.4. The van der Waals surface area contributed by atoms with Gasteiger partial charge >= 0.3 is 0 Å². The lowest BCUT2D eigenvalue weighted by Crippen LogP contribution is -2.12. The second-order valence-electron chi connectivity index (χ2n) is 7.42. The zero-order valence-electron chi connectivity index (χ0n) is 17.2. The number of aromatic hydroxyl groups is 1. The maximum atomic E-state index is 12.6. The van der Waals surface area contributed by atoms with Gasteiger partial charge in [0.05, 0.1) is 16.0 Å². The lowest BCUT2D eigenvalue weighted by atomic mass is 10.1. The summed E-state index contributed by atoms with van der Waals surface area (Å²) in [5.74, 6) is -0.472. The van der Waals surface area contributed by atoms with Crippen LogP contribution in [0.3, 0.4) is 0 Å². The normalized spacial score (nSPS) is 10.8. The molecular formula is C24H18N2O6. The molecule has 0 saturated heterocycles. The van der Waals surface area contributed by atoms with Crippen molar-refractivity contribution in [3.63, 3.8) is 0 Å². The fraction of sp³-hybridized carbons (Fsp3) is 0.0833. The third-order valence-electron chi connectivity index (χ3n) is 5.03. The highest BCUT2D eigenvalue weighted by atomic mass is 16.6. The first-order valence-corrected chi connectivity index (χ1v) is 9.67. The van der Waals surface area contributed by atoms with Crippen LogP contribution in [0.1, 0.15) is 21.5 Å². The highest BCUT2D eigenvalue weighted by Gasteiger charge is 2.15. The number of non-ortho nitro benzene ring substituents is 1. The maximum absolute atomic E-state index is 12.6. The van der Waals surface area contributed by atoms with Gasteiger partial charge < -0.3 is 14.8 Å². The van der Waals surface area contributed by atoms with Crippen LogP contribution in [0.25, 0.3) is 22.3 Å². The molecule has 0 spiro atoms. The second-order valence-corrected chi connectivity index (χ2v) is 7.42. The van der Waals surface area contributed by atoms with E-state index in [4.69, 9.17) is 4.42 Å². The van der Waals surface area contributed by atoms with Crippen molar-refractivity contribution in [1.29, 1.82) is 0 Å². The molecular weight excluding hydrogens is 412 g/mol. The number of fused-ring (bicyclic) bond motifs is 1. The molecule has 1 amide bonds. The number of aryl methyl sites for hydroxylation is 2. The van der Waals surface area contributed by atoms with Crippen molar-refractivity contribution in [1.82, 2.24) is 0 Å². The number of amides is 1. The Hall–Kier alpha value is -4.46. The Morgan fingerprint density at radius 1 is 1.03 bits per heavy atom. The van der Waals surface area contributed by atoms with Gasteiger partial charge in [0, 0.05) is 29.3 Å². The van der Waals surface area contributed by atoms with Crippen molar-refractivity contribution in [3.05, 3.63) is 97.7 Å². The summed E-state index contributed by atoms with van der Waals surface area (Å²) in [5, 5.41) is 23.8. The molecule has 0 fully saturated rings. The van der Waals surface area contributed by atoms with Gasteiger partial charge in [0.1, 0.15) is 17.1 Å². The Balaban J connectivity index is 1.63. The number of phenols is 1. The highest BCUT2D eigenvalue weighted by molar-refractivity contribution is 6.05. The van der Waals surface area contributed by atoms with E-state index in [1.54, 1.807) is 18.2 Å². The molecule has 8 heteroatoms. The summed E-state index contributed by atoms with van der Waals surface area (Å²) in [6, 6.07) is 14.8. The van der Waals surface area contributed by atoms with Gasteiger partial charge in [-0.3, -0.25) is 19.7 Å². The van der Waals surface area contributed by atoms with Crippen molar-refractivity contribution in [2.75, 3.05) is 5.32 Å². The summed E-state index contributed by atoms with van der Waals surface area (Å²) in [7, 11) is 0. The number of hydrogen-bond acceptors (Lipinski definition) is 6. The molecule has 0 atom stereocenters. The van der Waals surface area contributed by atoms with Crippen LogP contribution < -0.4 is 10.7 Å². The van der Waals surface area contributed by atoms with Crippen LogP contribution in [0.15, 0.2) is 69.9 Å². The number of anilines is 1. The zero-order chi connectivity index (χ0) is 23.0. The van der Waals surface area contributed by atoms with E-state index in [1.165, 1.54) is 18.2 Å². The first-order valence-electron chi connectivity index (χ1n) is 9.67. The van der Waals surface area contributed by atoms with Crippen molar-refractivity contribution in [2.24, 2.45) is 0 Å². The molecule has 1 aromatic heterocycles. The van der Waals surface area contributed by atoms with Gasteiger partial charge in [-0.1, -0.05) is 18.2 Å². The van der Waals surface area contributed by atoms with Crippen LogP contribution >= 0.6 is 0 Å². The van der Waals surface area contributed by atoms with Gasteiger partial charge in [-0.15, -0.1) is 0 Å². The van der Waals surface area contributed by atoms with Crippen molar-refractivity contribution in [3.8, 4) is 17.1 Å². The lowest BCUT2D eigenvalue weighted by Gasteiger charge is -2.09. The summed E-state index contributed by atoms with van der Waals surface area (Å²) >= 11 is 0. The molecule has 0 radical (unpaired) electrons. The minimum Gasteiger partial charge on any atom is -0.506 e. The van der Waals surface area contributed by atoms with Crippen LogP contribution in [0.4, 0.5) is 11.4 Å². The molecule has 0 bridgehead atoms. The number of nitro groups is 1. The molecule has 4 aromatic rings. The second kappa shape index (κ2) is 7.99. The van der Waals surface area contributed by atoms with Crippen LogP contribution in [0.2, 0.25) is 0 Å². The quantitative estimate of drug-likeness (QED) is 0.268. The number of carbonyl (C=O) groups excluding carboxylic acids is 1. The number of rotatable bonds is 4. The number of carbonyl (C=O) groups is 1. The van der Waals surface area contributed by atoms with E-state index < -0.39 is 10.8 Å². The first kappa shape index (κ1) is 20.8. The van der Waals surface area contributed by atoms with Crippen molar-refractivity contribution < 1.29 is 19.2 Å². The molecule has 0 aliphatic carbocycles. The molecule has 8 nitrogen and oxygen atoms in total. The third-order valence-corrected chi connectivity index (χ3v) is 5.03. The topological polar surface area (TPSA) is 123 Å². The number of phenolic OH excluding ortho intramolecular Hbond substituents is 1. The molecule has 0 aliphatic rings. The van der Waals surface area contributed by atoms with E-state index in [1.807, 2.05) is 19.9 Å². The van der Waals surface area contributed by atoms with E-state index in [-0.39, 0.29) is 28.1 Å². The number of nitrogens with zero attached hydrogens (tertiary/aromatic N) is 1. The highest BCUT2D eigenvalue weighted by Crippen LogP contribution is 2.29. The van der Waals surface area contributed by atoms with Gasteiger partial charge in [-0.05, 0) is 49.2 Å². The monoisotopic (exact) mass is 430 g/mol. The SMILES string of the molecule is Cc1cc(C)c2oc(-c3ccc(C(=O)Nc4cc([N+](=O)[O-])ccc4O)cc3)cc(=O)c2c1. The predicted octanol–water partition coefficient (Wildman–Crippen LogP) is 4.94. The molecule has 160 valence electrons. The zero-order valence-corrected chi connectivity index (χ0v) is 17.2. The summed E-state index contributed by atoms with van der Waals surface area (Å²) in [6.07, 6.45) is 0. The Morgan fingerprint density at radius 2 is 1.75 bits per heavy atom. The minimum atomic E-state index is -0.621. The van der Waals surface area contributed by atoms with Gasteiger partial charge in [-0.2, -0.15) is 0 Å². The van der Waals surface area contributed by atoms with Gasteiger partial charge in [0.2, 0.25) is 0 Å². The predicted molar refractivity (Wildman–Crippen MR) is 120 cm³/mol. The Bertz CT molecular complexity index is 1440. The van der Waals surface area contributed by atoms with E-state index >= 15 is 0 Å². The average Bonchev–Trinajstić information content (AvgIpc) is 2.75. The first-order chi connectivity index (χ1) is 15.2. The number of hydrogen-bond donors (Lipinski definition) is 2. The summed E-state index contributed by atoms with van der Waals surface area (Å²) in [6.45, 7) is 3.79. The standard InChI is InChI=1S/C24H18N2O6/c1-13-9-14(2)23-18(10-13)21(28)12-22(32-23)15-3-5-16(6-4-15)24(29)25-19-11-17(26(30)31)7-8-20(19)27/h3-12,27H,1-2H3,(H,25,29). The van der Waals surface area contributed by atoms with Crippen LogP contribution in [-0.2, 0) is 0 Å². The van der Waals surface area contributed by atoms with E-state index in [9.17, 15) is 24.8 Å². The Labute approximate surface area is 181 Å². The van der Waals surface area contributed by atoms with Crippen molar-refractivity contribution >= 4 is 28.3 Å². The summed E-state index contributed by atoms with van der Waals surface area (Å²) < 4.78 is 5.96. The number of nitrogens with one attached hydrogen (secondary N) is 1. The molecule has 3 aromatic carbocycles. The van der Waals surface area contributed by atoms with Crippen LogP contribution in [-0.4, -0.2) is 15.9 Å². The lowest BCUT2D eigenvalue weighted by molar-refractivity contribution is -0.384. The molecule has 0 aliphatic heterocycles. The van der Waals surface area contributed by atoms with Crippen LogP contribution in [0.5, 0.6) is 5.75 Å². The fourth-order valence-electron chi connectivity index (χ4n) is 3.47. The Morgan fingerprint density at radius 3 is 2.44 bits per heavy atom. The molecule has 32 heavy (non-hydrogen) atoms. The van der Waals surface area contributed by atoms with Gasteiger partial charge in [0.25, 0.3) is 11.6 Å². The van der Waals surface area contributed by atoms with Gasteiger partial charge in [0.15, 0.2) is 5.43 Å². The maximum Gasteiger partial charge on any atom is 0.271 e. The van der Waals surface area contributed by atoms with E-state index in [2.05, 4.69) is 5.32 Å². The molecule has 0 saturated carbocycles.